The van der Waals surface area contributed by atoms with E-state index in [1.165, 1.54) is 258 Å². The summed E-state index contributed by atoms with van der Waals surface area (Å²) in [5.74, 6) is 0. The highest BCUT2D eigenvalue weighted by Gasteiger charge is 2.12. The van der Waals surface area contributed by atoms with Gasteiger partial charge in [0, 0.05) is 26.2 Å². The molecule has 0 bridgehead atoms. The molecular weight excluding hydrogens is 583 g/mol. The third-order valence-corrected chi connectivity index (χ3v) is 10.9. The zero-order chi connectivity index (χ0) is 35.0. The number of unbranched alkanes of at least 4 members (excludes halogenated alkanes) is 27. The largest absolute Gasteiger partial charge is 0.302 e. The van der Waals surface area contributed by atoms with Crippen molar-refractivity contribution in [1.29, 1.82) is 0 Å². The third kappa shape index (κ3) is 35.7. The van der Waals surface area contributed by atoms with E-state index in [0.29, 0.717) is 0 Å². The molecule has 0 N–H and O–H groups in total. The third-order valence-electron chi connectivity index (χ3n) is 10.9. The summed E-state index contributed by atoms with van der Waals surface area (Å²) in [6, 6.07) is 0. The maximum Gasteiger partial charge on any atom is 0.0110 e. The van der Waals surface area contributed by atoms with E-state index in [0.717, 1.165) is 0 Å². The van der Waals surface area contributed by atoms with Gasteiger partial charge in [-0.2, -0.15) is 0 Å². The molecule has 0 aromatic carbocycles. The first-order valence-corrected chi connectivity index (χ1v) is 22.9. The molecule has 0 unspecified atom stereocenters. The van der Waals surface area contributed by atoms with Crippen LogP contribution in [0.1, 0.15) is 234 Å². The summed E-state index contributed by atoms with van der Waals surface area (Å²) in [5, 5.41) is 0. The molecule has 0 atom stereocenters. The van der Waals surface area contributed by atoms with Gasteiger partial charge in [-0.1, -0.05) is 208 Å². The molecule has 3 nitrogen and oxygen atoms in total. The van der Waals surface area contributed by atoms with Crippen LogP contribution in [0.15, 0.2) is 0 Å². The van der Waals surface area contributed by atoms with Crippen molar-refractivity contribution in [2.24, 2.45) is 0 Å². The lowest BCUT2D eigenvalue weighted by molar-refractivity contribution is 0.172. The Bertz CT molecular complexity index is 542. The molecule has 0 saturated carbocycles. The van der Waals surface area contributed by atoms with Crippen LogP contribution in [-0.2, 0) is 0 Å². The number of hydrogen-bond acceptors (Lipinski definition) is 3. The Hall–Kier alpha value is -0.120. The van der Waals surface area contributed by atoms with E-state index < -0.39 is 0 Å². The van der Waals surface area contributed by atoms with Crippen molar-refractivity contribution in [3.8, 4) is 0 Å². The molecule has 0 aromatic heterocycles. The molecule has 0 spiro atoms. The molecule has 0 heterocycles. The van der Waals surface area contributed by atoms with Gasteiger partial charge in [-0.25, -0.2) is 0 Å². The molecule has 0 aliphatic heterocycles. The number of nitrogens with zero attached hydrogens (tertiary/aromatic N) is 3. The summed E-state index contributed by atoms with van der Waals surface area (Å²) >= 11 is 0. The predicted molar refractivity (Wildman–Crippen MR) is 221 cm³/mol. The van der Waals surface area contributed by atoms with Crippen LogP contribution in [0.5, 0.6) is 0 Å². The molecule has 3 heteroatoms. The Balaban J connectivity index is 4.70. The maximum atomic E-state index is 2.88. The van der Waals surface area contributed by atoms with E-state index in [1.54, 1.807) is 0 Å². The van der Waals surface area contributed by atoms with E-state index in [2.05, 4.69) is 49.3 Å². The minimum Gasteiger partial charge on any atom is -0.302 e. The summed E-state index contributed by atoms with van der Waals surface area (Å²) in [6.07, 6.45) is 44.4. The Morgan fingerprint density at radius 2 is 0.417 bits per heavy atom. The first-order valence-electron chi connectivity index (χ1n) is 22.9. The molecule has 48 heavy (non-hydrogen) atoms. The molecule has 0 aliphatic rings. The zero-order valence-corrected chi connectivity index (χ0v) is 34.6. The normalized spacial score (nSPS) is 12.0. The summed E-state index contributed by atoms with van der Waals surface area (Å²) in [6.45, 7) is 23.1. The van der Waals surface area contributed by atoms with Gasteiger partial charge in [-0.05, 0) is 58.4 Å². The second-order valence-corrected chi connectivity index (χ2v) is 15.7. The zero-order valence-electron chi connectivity index (χ0n) is 34.6. The topological polar surface area (TPSA) is 9.72 Å². The van der Waals surface area contributed by atoms with Crippen molar-refractivity contribution in [1.82, 2.24) is 14.7 Å². The van der Waals surface area contributed by atoms with Gasteiger partial charge in [0.15, 0.2) is 0 Å². The van der Waals surface area contributed by atoms with E-state index in [4.69, 9.17) is 0 Å². The van der Waals surface area contributed by atoms with Crippen molar-refractivity contribution >= 4 is 0 Å². The van der Waals surface area contributed by atoms with Gasteiger partial charge >= 0.3 is 0 Å². The fraction of sp³-hybridized carbons (Fsp3) is 1.00. The van der Waals surface area contributed by atoms with Crippen molar-refractivity contribution in [2.75, 3.05) is 58.9 Å². The first kappa shape index (κ1) is 47.9. The lowest BCUT2D eigenvalue weighted by Crippen LogP contribution is -2.41. The molecule has 0 aliphatic carbocycles. The standard InChI is InChI=1S/C45H95N3/c1-6-11-14-17-20-23-26-29-32-35-39-47(40-36-33-30-27-24-21-18-15-12-7-2)44-45-48(43-42-46(10-5)38-9-4)41-37-34-31-28-25-22-19-16-13-8-3/h6-45H2,1-5H3. The summed E-state index contributed by atoms with van der Waals surface area (Å²) in [4.78, 5) is 8.41. The van der Waals surface area contributed by atoms with Crippen LogP contribution < -0.4 is 0 Å². The van der Waals surface area contributed by atoms with Crippen molar-refractivity contribution in [3.63, 3.8) is 0 Å². The van der Waals surface area contributed by atoms with Crippen molar-refractivity contribution in [3.05, 3.63) is 0 Å². The highest BCUT2D eigenvalue weighted by molar-refractivity contribution is 4.68. The number of rotatable bonds is 42. The monoisotopic (exact) mass is 678 g/mol. The molecule has 0 rings (SSSR count). The van der Waals surface area contributed by atoms with Crippen LogP contribution in [0.25, 0.3) is 0 Å². The number of hydrogen-bond donors (Lipinski definition) is 0. The number of likely N-dealkylation sites (N-methyl/N-ethyl adjacent to an activating group) is 1. The van der Waals surface area contributed by atoms with Gasteiger partial charge in [-0.3, -0.25) is 0 Å². The Morgan fingerprint density at radius 1 is 0.188 bits per heavy atom. The van der Waals surface area contributed by atoms with E-state index in [-0.39, 0.29) is 0 Å². The van der Waals surface area contributed by atoms with Crippen LogP contribution in [0.4, 0.5) is 0 Å². The Morgan fingerprint density at radius 3 is 0.667 bits per heavy atom. The highest BCUT2D eigenvalue weighted by Crippen LogP contribution is 2.14. The van der Waals surface area contributed by atoms with Gasteiger partial charge in [0.05, 0.1) is 0 Å². The van der Waals surface area contributed by atoms with Crippen LogP contribution in [-0.4, -0.2) is 73.6 Å². The van der Waals surface area contributed by atoms with Crippen LogP contribution in [0.3, 0.4) is 0 Å². The molecular formula is C45H95N3. The van der Waals surface area contributed by atoms with Gasteiger partial charge in [0.1, 0.15) is 0 Å². The van der Waals surface area contributed by atoms with Crippen LogP contribution >= 0.6 is 0 Å². The smallest absolute Gasteiger partial charge is 0.0110 e. The van der Waals surface area contributed by atoms with E-state index >= 15 is 0 Å². The predicted octanol–water partition coefficient (Wildman–Crippen LogP) is 14.1. The van der Waals surface area contributed by atoms with Crippen LogP contribution in [0.2, 0.25) is 0 Å². The lowest BCUT2D eigenvalue weighted by atomic mass is 10.1. The van der Waals surface area contributed by atoms with E-state index in [1.807, 2.05) is 0 Å². The average Bonchev–Trinajstić information content (AvgIpc) is 3.10. The first-order chi connectivity index (χ1) is 23.7. The maximum absolute atomic E-state index is 2.88. The van der Waals surface area contributed by atoms with Crippen molar-refractivity contribution in [2.45, 2.75) is 234 Å². The molecule has 0 aromatic rings. The van der Waals surface area contributed by atoms with Gasteiger partial charge in [0.2, 0.25) is 0 Å². The lowest BCUT2D eigenvalue weighted by Gasteiger charge is -2.30. The minimum absolute atomic E-state index is 1.20. The Kier molecular flexibility index (Phi) is 41.2. The molecule has 0 radical (unpaired) electrons. The van der Waals surface area contributed by atoms with Crippen molar-refractivity contribution < 1.29 is 0 Å². The minimum atomic E-state index is 1.20. The molecule has 0 amide bonds. The summed E-state index contributed by atoms with van der Waals surface area (Å²) < 4.78 is 0. The Labute approximate surface area is 306 Å². The SMILES string of the molecule is CCCCCCCCCCCCN(CCCCCCCCCCCC)CCN(CCCCCCCCCCCC)CCN(CC)CCC. The highest BCUT2D eigenvalue weighted by atomic mass is 15.2. The summed E-state index contributed by atoms with van der Waals surface area (Å²) in [5.41, 5.74) is 0. The summed E-state index contributed by atoms with van der Waals surface area (Å²) in [7, 11) is 0. The second kappa shape index (κ2) is 41.3. The average molecular weight is 678 g/mol. The fourth-order valence-electron chi connectivity index (χ4n) is 7.45. The van der Waals surface area contributed by atoms with E-state index in [9.17, 15) is 0 Å². The molecule has 0 fully saturated rings. The quantitative estimate of drug-likeness (QED) is 0.0595. The molecule has 290 valence electrons. The van der Waals surface area contributed by atoms with Gasteiger partial charge < -0.3 is 14.7 Å². The molecule has 0 saturated heterocycles. The fourth-order valence-corrected chi connectivity index (χ4v) is 7.45. The van der Waals surface area contributed by atoms with Gasteiger partial charge in [0.25, 0.3) is 0 Å². The van der Waals surface area contributed by atoms with Crippen LogP contribution in [0, 0.1) is 0 Å². The second-order valence-electron chi connectivity index (χ2n) is 15.7. The van der Waals surface area contributed by atoms with Gasteiger partial charge in [-0.15, -0.1) is 0 Å².